The minimum atomic E-state index is -4.64. The van der Waals surface area contributed by atoms with Gasteiger partial charge in [-0.1, -0.05) is 27.7 Å². The zero-order chi connectivity index (χ0) is 26.5. The molecule has 0 fully saturated rings. The number of hydrogen-bond donors (Lipinski definition) is 17. The van der Waals surface area contributed by atoms with Gasteiger partial charge in [0.25, 0.3) is 0 Å². The fourth-order valence-corrected chi connectivity index (χ4v) is 0. The van der Waals surface area contributed by atoms with Crippen molar-refractivity contribution in [2.45, 2.75) is 27.7 Å². The Kier molecular flexibility index (Phi) is 65.0. The van der Waals surface area contributed by atoms with E-state index in [-0.39, 0.29) is 43.3 Å². The Labute approximate surface area is 206 Å². The Balaban J connectivity index is -0.0000000190. The third-order valence-electron chi connectivity index (χ3n) is 0. The minimum Gasteiger partial charge on any atom is -1.00 e. The average molecular weight is 608 g/mol. The molecule has 0 aliphatic carbocycles. The van der Waals surface area contributed by atoms with Crippen LogP contribution in [-0.2, 0) is 22.8 Å². The van der Waals surface area contributed by atoms with Crippen LogP contribution in [0.3, 0.4) is 0 Å². The van der Waals surface area contributed by atoms with Crippen LogP contribution in [0.1, 0.15) is 29.1 Å². The molecule has 0 saturated carbocycles. The standard InChI is InChI=1S/2C2H6.2H3N.Na.5H3O4P.H/c2*1-2;;;;5*1-5(2,3)4;/h2*1-2H3;2*1H3;;5*(H3,1,2,3,4);/q;;;;+1;;;;;;-1. The maximum Gasteiger partial charge on any atom is 1.00 e. The van der Waals surface area contributed by atoms with E-state index in [2.05, 4.69) is 0 Å². The van der Waals surface area contributed by atoms with Gasteiger partial charge in [-0.3, -0.25) is 0 Å². The van der Waals surface area contributed by atoms with Crippen molar-refractivity contribution in [3.8, 4) is 0 Å². The summed E-state index contributed by atoms with van der Waals surface area (Å²) >= 11 is 0. The molecule has 0 aromatic carbocycles. The summed E-state index contributed by atoms with van der Waals surface area (Å²) in [5.74, 6) is 0. The molecule has 0 aliphatic rings. The molecular formula is C4H34N2NaO20P5. The van der Waals surface area contributed by atoms with E-state index in [1.54, 1.807) is 0 Å². The Hall–Kier alpha value is 1.47. The molecule has 0 atom stereocenters. The smallest absolute Gasteiger partial charge is 1.00 e. The van der Waals surface area contributed by atoms with Gasteiger partial charge in [0, 0.05) is 0 Å². The van der Waals surface area contributed by atoms with Gasteiger partial charge in [-0.05, 0) is 0 Å². The molecular weight excluding hydrogens is 574 g/mol. The summed E-state index contributed by atoms with van der Waals surface area (Å²) in [6, 6.07) is 0. The molecule has 0 radical (unpaired) electrons. The van der Waals surface area contributed by atoms with Gasteiger partial charge in [0.15, 0.2) is 0 Å². The zero-order valence-corrected chi connectivity index (χ0v) is 23.9. The maximum atomic E-state index is 8.88. The van der Waals surface area contributed by atoms with E-state index in [0.29, 0.717) is 0 Å². The van der Waals surface area contributed by atoms with Crippen molar-refractivity contribution < 1.29 is 127 Å². The van der Waals surface area contributed by atoms with Gasteiger partial charge in [-0.25, -0.2) is 22.8 Å². The molecule has 0 unspecified atom stereocenters. The van der Waals surface area contributed by atoms with Crippen LogP contribution in [-0.4, -0.2) is 73.4 Å². The van der Waals surface area contributed by atoms with Gasteiger partial charge in [-0.15, -0.1) is 0 Å². The number of rotatable bonds is 0. The van der Waals surface area contributed by atoms with Crippen molar-refractivity contribution in [2.75, 3.05) is 0 Å². The maximum absolute atomic E-state index is 8.88. The van der Waals surface area contributed by atoms with Crippen LogP contribution < -0.4 is 41.9 Å². The average Bonchev–Trinajstić information content (AvgIpc) is 2.21. The molecule has 0 aromatic rings. The molecule has 0 rings (SSSR count). The summed E-state index contributed by atoms with van der Waals surface area (Å²) < 4.78 is 44.4. The second-order valence-corrected chi connectivity index (χ2v) is 7.70. The largest absolute Gasteiger partial charge is 1.00 e. The zero-order valence-electron chi connectivity index (χ0n) is 18.4. The predicted octanol–water partition coefficient (Wildman–Crippen LogP) is -5.15. The molecule has 0 spiro atoms. The molecule has 28 heteroatoms. The monoisotopic (exact) mass is 608 g/mol. The van der Waals surface area contributed by atoms with Crippen molar-refractivity contribution in [1.29, 1.82) is 0 Å². The van der Waals surface area contributed by atoms with Gasteiger partial charge in [-0.2, -0.15) is 0 Å². The van der Waals surface area contributed by atoms with Crippen molar-refractivity contribution in [2.24, 2.45) is 0 Å². The van der Waals surface area contributed by atoms with Crippen LogP contribution in [0, 0.1) is 0 Å². The third kappa shape index (κ3) is 13500. The fraction of sp³-hybridized carbons (Fsp3) is 1.00. The van der Waals surface area contributed by atoms with Crippen molar-refractivity contribution in [3.63, 3.8) is 0 Å². The topological polar surface area (TPSA) is 459 Å². The molecule has 0 aromatic heterocycles. The van der Waals surface area contributed by atoms with E-state index in [1.807, 2.05) is 27.7 Å². The first kappa shape index (κ1) is 64.1. The van der Waals surface area contributed by atoms with E-state index >= 15 is 0 Å². The van der Waals surface area contributed by atoms with Crippen LogP contribution in [0.4, 0.5) is 0 Å². The van der Waals surface area contributed by atoms with E-state index in [1.165, 1.54) is 0 Å². The van der Waals surface area contributed by atoms with E-state index in [0.717, 1.165) is 0 Å². The number of phosphoric acid groups is 5. The molecule has 0 saturated heterocycles. The van der Waals surface area contributed by atoms with Gasteiger partial charge in [0.1, 0.15) is 0 Å². The molecule has 0 bridgehead atoms. The Morgan fingerprint density at radius 3 is 0.344 bits per heavy atom. The first-order valence-corrected chi connectivity index (χ1v) is 13.7. The van der Waals surface area contributed by atoms with Crippen LogP contribution in [0.25, 0.3) is 0 Å². The Morgan fingerprint density at radius 1 is 0.344 bits per heavy atom. The summed E-state index contributed by atoms with van der Waals surface area (Å²) in [5.41, 5.74) is 0. The second kappa shape index (κ2) is 32.5. The van der Waals surface area contributed by atoms with Crippen molar-refractivity contribution >= 4 is 39.1 Å². The Bertz CT molecular complexity index is 405. The molecule has 22 nitrogen and oxygen atoms in total. The van der Waals surface area contributed by atoms with E-state index < -0.39 is 39.1 Å². The summed E-state index contributed by atoms with van der Waals surface area (Å²) in [7, 11) is -23.2. The van der Waals surface area contributed by atoms with Gasteiger partial charge in [0.05, 0.1) is 0 Å². The quantitative estimate of drug-likeness (QED) is 0.0902. The van der Waals surface area contributed by atoms with Crippen molar-refractivity contribution in [1.82, 2.24) is 12.3 Å². The fourth-order valence-electron chi connectivity index (χ4n) is 0. The third-order valence-corrected chi connectivity index (χ3v) is 0. The van der Waals surface area contributed by atoms with Gasteiger partial charge in [0.2, 0.25) is 0 Å². The normalized spacial score (nSPS) is 9.59. The van der Waals surface area contributed by atoms with E-state index in [9.17, 15) is 0 Å². The van der Waals surface area contributed by atoms with Crippen LogP contribution in [0.2, 0.25) is 0 Å². The van der Waals surface area contributed by atoms with Crippen LogP contribution in [0.15, 0.2) is 0 Å². The second-order valence-electron chi connectivity index (χ2n) is 2.57. The molecule has 0 heterocycles. The first-order valence-electron chi connectivity index (χ1n) is 5.91. The van der Waals surface area contributed by atoms with Crippen LogP contribution in [0.5, 0.6) is 0 Å². The predicted molar refractivity (Wildman–Crippen MR) is 105 cm³/mol. The van der Waals surface area contributed by atoms with E-state index in [4.69, 9.17) is 96.2 Å². The Morgan fingerprint density at radius 2 is 0.344 bits per heavy atom. The minimum absolute atomic E-state index is 0. The molecule has 0 amide bonds. The van der Waals surface area contributed by atoms with Gasteiger partial charge >= 0.3 is 68.7 Å². The van der Waals surface area contributed by atoms with Crippen molar-refractivity contribution in [3.05, 3.63) is 0 Å². The molecule has 21 N–H and O–H groups in total. The SMILES string of the molecule is CC.CC.N.N.O=P(O)(O)O.O=P(O)(O)O.O=P(O)(O)O.O=P(O)(O)O.O=P(O)(O)O.[H-].[Na+]. The summed E-state index contributed by atoms with van der Waals surface area (Å²) in [6.45, 7) is 8.00. The summed E-state index contributed by atoms with van der Waals surface area (Å²) in [4.78, 5) is 108. The number of hydrogen-bond acceptors (Lipinski definition) is 7. The summed E-state index contributed by atoms with van der Waals surface area (Å²) in [6.07, 6.45) is 0. The van der Waals surface area contributed by atoms with Crippen LogP contribution >= 0.6 is 39.1 Å². The first-order chi connectivity index (χ1) is 12.0. The molecule has 32 heavy (non-hydrogen) atoms. The summed E-state index contributed by atoms with van der Waals surface area (Å²) in [5, 5.41) is 0. The molecule has 206 valence electrons. The van der Waals surface area contributed by atoms with Gasteiger partial charge < -0.3 is 87.1 Å². The molecule has 0 aliphatic heterocycles.